The zero-order valence-electron chi connectivity index (χ0n) is 14.4. The van der Waals surface area contributed by atoms with Gasteiger partial charge in [-0.3, -0.25) is 4.79 Å². The number of hydrogen-bond donors (Lipinski definition) is 1. The molecule has 0 aliphatic carbocycles. The molecule has 0 saturated heterocycles. The highest BCUT2D eigenvalue weighted by Crippen LogP contribution is 2.21. The van der Waals surface area contributed by atoms with Crippen LogP contribution in [0.2, 0.25) is 0 Å². The van der Waals surface area contributed by atoms with Crippen molar-refractivity contribution >= 4 is 11.6 Å². The van der Waals surface area contributed by atoms with E-state index >= 15 is 0 Å². The zero-order valence-corrected chi connectivity index (χ0v) is 14.4. The number of rotatable bonds is 6. The summed E-state index contributed by atoms with van der Waals surface area (Å²) in [5.41, 5.74) is 2.80. The molecule has 0 saturated carbocycles. The lowest BCUT2D eigenvalue weighted by Crippen LogP contribution is -2.37. The summed E-state index contributed by atoms with van der Waals surface area (Å²) in [6.07, 6.45) is 0.688. The number of ether oxygens (including phenoxy) is 1. The van der Waals surface area contributed by atoms with E-state index in [-0.39, 0.29) is 11.9 Å². The number of carbonyl (C=O) groups is 1. The second-order valence-electron chi connectivity index (χ2n) is 5.94. The fraction of sp³-hybridized carbons (Fsp3) is 0.300. The maximum absolute atomic E-state index is 12.5. The molecule has 0 bridgehead atoms. The number of nitrogens with one attached hydrogen (secondary N) is 1. The number of benzene rings is 2. The Morgan fingerprint density at radius 3 is 2.60 bits per heavy atom. The Labute approximate surface area is 147 Å². The van der Waals surface area contributed by atoms with Crippen LogP contribution >= 0.6 is 0 Å². The SMILES string of the molecule is CCC(NC(=O)C1CC(c2ccc(OC)cc2)=NO1)c1ccccc1. The minimum absolute atomic E-state index is 0.0256. The van der Waals surface area contributed by atoms with Crippen LogP contribution in [0.25, 0.3) is 0 Å². The van der Waals surface area contributed by atoms with Gasteiger partial charge in [0.1, 0.15) is 5.75 Å². The van der Waals surface area contributed by atoms with Gasteiger partial charge in [0, 0.05) is 6.42 Å². The summed E-state index contributed by atoms with van der Waals surface area (Å²) < 4.78 is 5.15. The average Bonchev–Trinajstić information content (AvgIpc) is 3.17. The van der Waals surface area contributed by atoms with Gasteiger partial charge in [-0.1, -0.05) is 42.4 Å². The van der Waals surface area contributed by atoms with Gasteiger partial charge in [0.05, 0.1) is 18.9 Å². The molecule has 0 aromatic heterocycles. The Bertz CT molecular complexity index is 741. The molecule has 1 aliphatic rings. The van der Waals surface area contributed by atoms with Crippen molar-refractivity contribution in [3.63, 3.8) is 0 Å². The second-order valence-corrected chi connectivity index (χ2v) is 5.94. The van der Waals surface area contributed by atoms with E-state index in [0.29, 0.717) is 6.42 Å². The lowest BCUT2D eigenvalue weighted by molar-refractivity contribution is -0.132. The molecule has 2 unspecified atom stereocenters. The van der Waals surface area contributed by atoms with Gasteiger partial charge in [0.15, 0.2) is 0 Å². The molecule has 1 N–H and O–H groups in total. The molecule has 1 amide bonds. The lowest BCUT2D eigenvalue weighted by Gasteiger charge is -2.19. The third-order valence-corrected chi connectivity index (χ3v) is 4.31. The van der Waals surface area contributed by atoms with Crippen LogP contribution in [0.4, 0.5) is 0 Å². The smallest absolute Gasteiger partial charge is 0.264 e. The first-order valence-electron chi connectivity index (χ1n) is 8.43. The summed E-state index contributed by atoms with van der Waals surface area (Å²) in [5, 5.41) is 7.14. The highest BCUT2D eigenvalue weighted by Gasteiger charge is 2.30. The summed E-state index contributed by atoms with van der Waals surface area (Å²) in [7, 11) is 1.63. The van der Waals surface area contributed by atoms with Crippen LogP contribution < -0.4 is 10.1 Å². The van der Waals surface area contributed by atoms with Crippen molar-refractivity contribution in [1.29, 1.82) is 0 Å². The second kappa shape index (κ2) is 7.83. The Kier molecular flexibility index (Phi) is 5.33. The van der Waals surface area contributed by atoms with E-state index in [1.54, 1.807) is 7.11 Å². The number of amides is 1. The maximum atomic E-state index is 12.5. The Morgan fingerprint density at radius 1 is 1.24 bits per heavy atom. The van der Waals surface area contributed by atoms with Gasteiger partial charge in [0.25, 0.3) is 5.91 Å². The van der Waals surface area contributed by atoms with E-state index in [4.69, 9.17) is 9.57 Å². The van der Waals surface area contributed by atoms with Crippen LogP contribution in [0.1, 0.15) is 36.9 Å². The van der Waals surface area contributed by atoms with Gasteiger partial charge < -0.3 is 14.9 Å². The Morgan fingerprint density at radius 2 is 1.96 bits per heavy atom. The monoisotopic (exact) mass is 338 g/mol. The Hall–Kier alpha value is -2.82. The molecule has 3 rings (SSSR count). The minimum Gasteiger partial charge on any atom is -0.497 e. The summed E-state index contributed by atoms with van der Waals surface area (Å²) in [6.45, 7) is 2.05. The molecule has 5 heteroatoms. The van der Waals surface area contributed by atoms with Gasteiger partial charge in [0.2, 0.25) is 6.10 Å². The summed E-state index contributed by atoms with van der Waals surface area (Å²) in [6, 6.07) is 17.5. The summed E-state index contributed by atoms with van der Waals surface area (Å²) in [5.74, 6) is 0.647. The topological polar surface area (TPSA) is 59.9 Å². The number of methoxy groups -OCH3 is 1. The van der Waals surface area contributed by atoms with Crippen molar-refractivity contribution in [3.8, 4) is 5.75 Å². The number of carbonyl (C=O) groups excluding carboxylic acids is 1. The van der Waals surface area contributed by atoms with Gasteiger partial charge >= 0.3 is 0 Å². The Balaban J connectivity index is 1.61. The molecule has 25 heavy (non-hydrogen) atoms. The standard InChI is InChI=1S/C20H22N2O3/c1-3-17(14-7-5-4-6-8-14)21-20(23)19-13-18(22-25-19)15-9-11-16(24-2)12-10-15/h4-12,17,19H,3,13H2,1-2H3,(H,21,23). The van der Waals surface area contributed by atoms with Crippen molar-refractivity contribution < 1.29 is 14.4 Å². The molecule has 5 nitrogen and oxygen atoms in total. The molecule has 1 heterocycles. The predicted molar refractivity (Wildman–Crippen MR) is 96.6 cm³/mol. The first-order chi connectivity index (χ1) is 12.2. The average molecular weight is 338 g/mol. The zero-order chi connectivity index (χ0) is 17.6. The largest absolute Gasteiger partial charge is 0.497 e. The molecular formula is C20H22N2O3. The van der Waals surface area contributed by atoms with E-state index in [0.717, 1.165) is 29.0 Å². The highest BCUT2D eigenvalue weighted by atomic mass is 16.6. The van der Waals surface area contributed by atoms with Crippen molar-refractivity contribution in [2.24, 2.45) is 5.16 Å². The molecule has 1 aliphatic heterocycles. The van der Waals surface area contributed by atoms with Gasteiger partial charge in [-0.2, -0.15) is 0 Å². The summed E-state index contributed by atoms with van der Waals surface area (Å²) in [4.78, 5) is 17.9. The van der Waals surface area contributed by atoms with Crippen LogP contribution in [0, 0.1) is 0 Å². The molecule has 0 spiro atoms. The molecule has 0 radical (unpaired) electrons. The fourth-order valence-corrected chi connectivity index (χ4v) is 2.84. The van der Waals surface area contributed by atoms with Gasteiger partial charge in [-0.05, 0) is 41.8 Å². The van der Waals surface area contributed by atoms with Crippen molar-refractivity contribution in [2.75, 3.05) is 7.11 Å². The van der Waals surface area contributed by atoms with E-state index in [1.807, 2.05) is 61.5 Å². The van der Waals surface area contributed by atoms with Crippen LogP contribution in [0.5, 0.6) is 5.75 Å². The van der Waals surface area contributed by atoms with Crippen molar-refractivity contribution in [2.45, 2.75) is 31.9 Å². The third kappa shape index (κ3) is 3.99. The number of hydrogen-bond acceptors (Lipinski definition) is 4. The van der Waals surface area contributed by atoms with E-state index in [2.05, 4.69) is 10.5 Å². The number of oxime groups is 1. The van der Waals surface area contributed by atoms with Crippen molar-refractivity contribution in [3.05, 3.63) is 65.7 Å². The minimum atomic E-state index is -0.588. The van der Waals surface area contributed by atoms with Crippen LogP contribution in [0.3, 0.4) is 0 Å². The first kappa shape index (κ1) is 17.0. The predicted octanol–water partition coefficient (Wildman–Crippen LogP) is 3.46. The van der Waals surface area contributed by atoms with Crippen LogP contribution in [0.15, 0.2) is 59.8 Å². The molecule has 2 aromatic rings. The van der Waals surface area contributed by atoms with E-state index < -0.39 is 6.10 Å². The quantitative estimate of drug-likeness (QED) is 0.877. The molecule has 2 atom stereocenters. The normalized spacial score (nSPS) is 17.4. The van der Waals surface area contributed by atoms with Crippen LogP contribution in [-0.2, 0) is 9.63 Å². The van der Waals surface area contributed by atoms with Crippen LogP contribution in [-0.4, -0.2) is 24.8 Å². The van der Waals surface area contributed by atoms with Gasteiger partial charge in [-0.25, -0.2) is 0 Å². The maximum Gasteiger partial charge on any atom is 0.264 e. The summed E-state index contributed by atoms with van der Waals surface area (Å²) >= 11 is 0. The van der Waals surface area contributed by atoms with Crippen molar-refractivity contribution in [1.82, 2.24) is 5.32 Å². The fourth-order valence-electron chi connectivity index (χ4n) is 2.84. The molecular weight excluding hydrogens is 316 g/mol. The van der Waals surface area contributed by atoms with E-state index in [1.165, 1.54) is 0 Å². The molecule has 2 aromatic carbocycles. The van der Waals surface area contributed by atoms with E-state index in [9.17, 15) is 4.79 Å². The highest BCUT2D eigenvalue weighted by molar-refractivity contribution is 6.04. The first-order valence-corrected chi connectivity index (χ1v) is 8.43. The number of nitrogens with zero attached hydrogens (tertiary/aromatic N) is 1. The van der Waals surface area contributed by atoms with Gasteiger partial charge in [-0.15, -0.1) is 0 Å². The molecule has 130 valence electrons. The lowest BCUT2D eigenvalue weighted by atomic mass is 10.0. The molecule has 0 fully saturated rings. The third-order valence-electron chi connectivity index (χ3n) is 4.31.